The minimum Gasteiger partial charge on any atom is -0.382 e. The molecule has 0 radical (unpaired) electrons. The molecule has 5 nitrogen and oxygen atoms in total. The van der Waals surface area contributed by atoms with Crippen LogP contribution in [0.3, 0.4) is 0 Å². The SMILES string of the molecule is COCC(NC(=O)c1cc(C(F)F)n(C)n1)c1cccc(Cl)c1. The Hall–Kier alpha value is -1.99. The number of carbonyl (C=O) groups excluding carboxylic acids is 1. The Balaban J connectivity index is 2.19. The quantitative estimate of drug-likeness (QED) is 0.876. The minimum absolute atomic E-state index is 0.0778. The third-order valence-electron chi connectivity index (χ3n) is 3.26. The number of ether oxygens (including phenoxy) is 1. The Morgan fingerprint density at radius 1 is 1.43 bits per heavy atom. The van der Waals surface area contributed by atoms with E-state index in [1.807, 2.05) is 0 Å². The molecule has 1 heterocycles. The van der Waals surface area contributed by atoms with E-state index in [0.29, 0.717) is 5.02 Å². The number of alkyl halides is 2. The number of hydrogen-bond donors (Lipinski definition) is 1. The van der Waals surface area contributed by atoms with Crippen LogP contribution in [0.2, 0.25) is 5.02 Å². The van der Waals surface area contributed by atoms with Crippen molar-refractivity contribution in [2.75, 3.05) is 13.7 Å². The smallest absolute Gasteiger partial charge is 0.280 e. The molecule has 1 aromatic carbocycles. The van der Waals surface area contributed by atoms with Crippen LogP contribution in [0.15, 0.2) is 30.3 Å². The lowest BCUT2D eigenvalue weighted by Crippen LogP contribution is -2.31. The third kappa shape index (κ3) is 4.27. The predicted molar refractivity (Wildman–Crippen MR) is 81.7 cm³/mol. The lowest BCUT2D eigenvalue weighted by atomic mass is 10.1. The fourth-order valence-corrected chi connectivity index (χ4v) is 2.34. The fraction of sp³-hybridized carbons (Fsp3) is 0.333. The zero-order valence-corrected chi connectivity index (χ0v) is 13.3. The molecule has 23 heavy (non-hydrogen) atoms. The molecule has 0 fully saturated rings. The second-order valence-corrected chi connectivity index (χ2v) is 5.35. The van der Waals surface area contributed by atoms with E-state index in [2.05, 4.69) is 10.4 Å². The van der Waals surface area contributed by atoms with Crippen molar-refractivity contribution >= 4 is 17.5 Å². The van der Waals surface area contributed by atoms with Crippen LogP contribution in [0.4, 0.5) is 8.78 Å². The van der Waals surface area contributed by atoms with Gasteiger partial charge in [0.05, 0.1) is 12.6 Å². The number of benzene rings is 1. The van der Waals surface area contributed by atoms with Crippen LogP contribution in [0.25, 0.3) is 0 Å². The summed E-state index contributed by atoms with van der Waals surface area (Å²) in [5.41, 5.74) is 0.352. The van der Waals surface area contributed by atoms with E-state index in [9.17, 15) is 13.6 Å². The van der Waals surface area contributed by atoms with E-state index in [1.54, 1.807) is 24.3 Å². The number of halogens is 3. The number of methoxy groups -OCH3 is 1. The first-order chi connectivity index (χ1) is 10.9. The molecule has 0 saturated heterocycles. The van der Waals surface area contributed by atoms with Gasteiger partial charge in [-0.1, -0.05) is 23.7 Å². The summed E-state index contributed by atoms with van der Waals surface area (Å²) in [6.07, 6.45) is -2.70. The molecule has 2 rings (SSSR count). The molecule has 1 amide bonds. The first-order valence-electron chi connectivity index (χ1n) is 6.79. The lowest BCUT2D eigenvalue weighted by Gasteiger charge is -2.18. The third-order valence-corrected chi connectivity index (χ3v) is 3.50. The van der Waals surface area contributed by atoms with Gasteiger partial charge in [-0.05, 0) is 23.8 Å². The van der Waals surface area contributed by atoms with Gasteiger partial charge in [0.15, 0.2) is 5.69 Å². The highest BCUT2D eigenvalue weighted by Crippen LogP contribution is 2.21. The summed E-state index contributed by atoms with van der Waals surface area (Å²) in [6.45, 7) is 0.209. The Labute approximate surface area is 137 Å². The van der Waals surface area contributed by atoms with Gasteiger partial charge < -0.3 is 10.1 Å². The summed E-state index contributed by atoms with van der Waals surface area (Å²) in [7, 11) is 2.86. The van der Waals surface area contributed by atoms with Gasteiger partial charge in [0.2, 0.25) is 0 Å². The van der Waals surface area contributed by atoms with Crippen LogP contribution in [-0.2, 0) is 11.8 Å². The number of carbonyl (C=O) groups is 1. The predicted octanol–water partition coefficient (Wildman–Crippen LogP) is 3.13. The maximum atomic E-state index is 12.8. The van der Waals surface area contributed by atoms with Gasteiger partial charge in [-0.3, -0.25) is 9.48 Å². The van der Waals surface area contributed by atoms with Crippen molar-refractivity contribution < 1.29 is 18.3 Å². The number of amides is 1. The Morgan fingerprint density at radius 3 is 2.74 bits per heavy atom. The second-order valence-electron chi connectivity index (χ2n) is 4.92. The molecule has 1 atom stereocenters. The number of hydrogen-bond acceptors (Lipinski definition) is 3. The summed E-state index contributed by atoms with van der Waals surface area (Å²) < 4.78 is 31.6. The van der Waals surface area contributed by atoms with Crippen LogP contribution in [0.1, 0.15) is 34.2 Å². The van der Waals surface area contributed by atoms with E-state index in [0.717, 1.165) is 16.3 Å². The van der Waals surface area contributed by atoms with Crippen molar-refractivity contribution in [2.45, 2.75) is 12.5 Å². The Morgan fingerprint density at radius 2 is 2.17 bits per heavy atom. The average molecular weight is 344 g/mol. The van der Waals surface area contributed by atoms with E-state index in [-0.39, 0.29) is 18.0 Å². The highest BCUT2D eigenvalue weighted by molar-refractivity contribution is 6.30. The zero-order valence-electron chi connectivity index (χ0n) is 12.6. The molecule has 0 aliphatic carbocycles. The average Bonchev–Trinajstić information content (AvgIpc) is 2.89. The van der Waals surface area contributed by atoms with Gasteiger partial charge in [0, 0.05) is 19.2 Å². The summed E-state index contributed by atoms with van der Waals surface area (Å²) >= 11 is 5.95. The molecule has 8 heteroatoms. The first-order valence-corrected chi connectivity index (χ1v) is 7.17. The van der Waals surface area contributed by atoms with Crippen molar-refractivity contribution in [2.24, 2.45) is 7.05 Å². The standard InChI is InChI=1S/C15H16ClF2N3O2/c1-21-13(14(17)18)7-11(20-21)15(22)19-12(8-23-2)9-4-3-5-10(16)6-9/h3-7,12,14H,8H2,1-2H3,(H,19,22). The number of rotatable bonds is 6. The normalized spacial score (nSPS) is 12.4. The topological polar surface area (TPSA) is 56.1 Å². The van der Waals surface area contributed by atoms with Gasteiger partial charge >= 0.3 is 0 Å². The molecule has 1 N–H and O–H groups in total. The van der Waals surface area contributed by atoms with E-state index in [4.69, 9.17) is 16.3 Å². The molecular weight excluding hydrogens is 328 g/mol. The van der Waals surface area contributed by atoms with Crippen LogP contribution in [0, 0.1) is 0 Å². The molecule has 0 aliphatic rings. The maximum absolute atomic E-state index is 12.8. The zero-order chi connectivity index (χ0) is 17.0. The van der Waals surface area contributed by atoms with Gasteiger partial charge in [0.1, 0.15) is 5.69 Å². The summed E-state index contributed by atoms with van der Waals surface area (Å²) in [6, 6.07) is 7.56. The highest BCUT2D eigenvalue weighted by Gasteiger charge is 2.21. The Bertz CT molecular complexity index is 691. The van der Waals surface area contributed by atoms with Gasteiger partial charge in [-0.2, -0.15) is 5.10 Å². The van der Waals surface area contributed by atoms with E-state index >= 15 is 0 Å². The maximum Gasteiger partial charge on any atom is 0.280 e. The van der Waals surface area contributed by atoms with Gasteiger partial charge in [0.25, 0.3) is 12.3 Å². The van der Waals surface area contributed by atoms with Crippen molar-refractivity contribution in [1.82, 2.24) is 15.1 Å². The molecule has 1 aromatic heterocycles. The summed E-state index contributed by atoms with van der Waals surface area (Å²) in [4.78, 5) is 12.3. The number of nitrogens with one attached hydrogen (secondary N) is 1. The van der Waals surface area contributed by atoms with Gasteiger partial charge in [-0.15, -0.1) is 0 Å². The lowest BCUT2D eigenvalue weighted by molar-refractivity contribution is 0.0891. The Kier molecular flexibility index (Phi) is 5.68. The number of aryl methyl sites for hydroxylation is 1. The molecule has 0 saturated carbocycles. The summed E-state index contributed by atoms with van der Waals surface area (Å²) in [5.74, 6) is -0.561. The molecule has 0 spiro atoms. The van der Waals surface area contributed by atoms with Gasteiger partial charge in [-0.25, -0.2) is 8.78 Å². The van der Waals surface area contributed by atoms with Crippen molar-refractivity contribution in [3.8, 4) is 0 Å². The molecule has 0 bridgehead atoms. The highest BCUT2D eigenvalue weighted by atomic mass is 35.5. The first kappa shape index (κ1) is 17.4. The number of aromatic nitrogens is 2. The number of nitrogens with zero attached hydrogens (tertiary/aromatic N) is 2. The van der Waals surface area contributed by atoms with Crippen molar-refractivity contribution in [3.63, 3.8) is 0 Å². The van der Waals surface area contributed by atoms with Crippen LogP contribution < -0.4 is 5.32 Å². The monoisotopic (exact) mass is 343 g/mol. The van der Waals surface area contributed by atoms with E-state index in [1.165, 1.54) is 14.2 Å². The molecule has 2 aromatic rings. The minimum atomic E-state index is -2.70. The largest absolute Gasteiger partial charge is 0.382 e. The second kappa shape index (κ2) is 7.52. The van der Waals surface area contributed by atoms with Crippen molar-refractivity contribution in [1.29, 1.82) is 0 Å². The van der Waals surface area contributed by atoms with Crippen LogP contribution in [0.5, 0.6) is 0 Å². The summed E-state index contributed by atoms with van der Waals surface area (Å²) in [5, 5.41) is 7.05. The molecular formula is C15H16ClF2N3O2. The van der Waals surface area contributed by atoms with E-state index < -0.39 is 18.4 Å². The molecule has 124 valence electrons. The fourth-order valence-electron chi connectivity index (χ4n) is 2.14. The van der Waals surface area contributed by atoms with Crippen LogP contribution in [-0.4, -0.2) is 29.4 Å². The molecule has 0 aliphatic heterocycles. The van der Waals surface area contributed by atoms with Crippen molar-refractivity contribution in [3.05, 3.63) is 52.3 Å². The van der Waals surface area contributed by atoms with Crippen LogP contribution >= 0.6 is 11.6 Å². The molecule has 1 unspecified atom stereocenters.